The Morgan fingerprint density at radius 3 is 2.82 bits per heavy atom. The lowest BCUT2D eigenvalue weighted by molar-refractivity contribution is -0.133. The second-order valence-electron chi connectivity index (χ2n) is 6.22. The molecule has 1 aliphatic heterocycles. The molecule has 2 rings (SSSR count). The van der Waals surface area contributed by atoms with Gasteiger partial charge < -0.3 is 10.6 Å². The van der Waals surface area contributed by atoms with Crippen molar-refractivity contribution in [2.75, 3.05) is 26.2 Å². The summed E-state index contributed by atoms with van der Waals surface area (Å²) in [5, 5.41) is 3.24. The lowest BCUT2D eigenvalue weighted by Crippen LogP contribution is -2.48. The van der Waals surface area contributed by atoms with Crippen LogP contribution < -0.4 is 5.73 Å². The van der Waals surface area contributed by atoms with Crippen molar-refractivity contribution in [2.24, 2.45) is 11.7 Å². The number of thiazole rings is 1. The fourth-order valence-corrected chi connectivity index (χ4v) is 3.37. The number of amides is 1. The van der Waals surface area contributed by atoms with Crippen LogP contribution in [0.5, 0.6) is 0 Å². The number of rotatable bonds is 5. The van der Waals surface area contributed by atoms with Crippen molar-refractivity contribution in [3.63, 3.8) is 0 Å². The molecular formula is C16H28N4OS. The van der Waals surface area contributed by atoms with Crippen LogP contribution in [-0.4, -0.2) is 52.9 Å². The first-order chi connectivity index (χ1) is 10.5. The molecule has 0 bridgehead atoms. The molecule has 0 aliphatic carbocycles. The monoisotopic (exact) mass is 324 g/mol. The zero-order chi connectivity index (χ0) is 16.1. The van der Waals surface area contributed by atoms with Crippen molar-refractivity contribution in [2.45, 2.75) is 46.2 Å². The van der Waals surface area contributed by atoms with E-state index < -0.39 is 0 Å². The van der Waals surface area contributed by atoms with Gasteiger partial charge in [-0.1, -0.05) is 20.3 Å². The number of nitrogens with two attached hydrogens (primary N) is 1. The summed E-state index contributed by atoms with van der Waals surface area (Å²) >= 11 is 1.69. The standard InChI is InChI=1S/C16H28N4OS/c1-4-12(2)15(17)16(21)20-7-5-6-19(8-9-20)10-14-11-22-13(3)18-14/h11-12,15H,4-10,17H2,1-3H3. The molecule has 22 heavy (non-hydrogen) atoms. The van der Waals surface area contributed by atoms with Crippen LogP contribution in [-0.2, 0) is 11.3 Å². The highest BCUT2D eigenvalue weighted by Gasteiger charge is 2.26. The third-order valence-corrected chi connectivity index (χ3v) is 5.32. The van der Waals surface area contributed by atoms with E-state index in [1.165, 1.54) is 0 Å². The SMILES string of the molecule is CCC(C)C(N)C(=O)N1CCCN(Cc2csc(C)n2)CC1. The molecule has 1 aliphatic rings. The maximum Gasteiger partial charge on any atom is 0.239 e. The molecule has 2 atom stereocenters. The Balaban J connectivity index is 1.88. The molecule has 0 spiro atoms. The molecule has 5 nitrogen and oxygen atoms in total. The van der Waals surface area contributed by atoms with Crippen LogP contribution >= 0.6 is 11.3 Å². The predicted molar refractivity (Wildman–Crippen MR) is 90.8 cm³/mol. The van der Waals surface area contributed by atoms with Crippen LogP contribution in [0.4, 0.5) is 0 Å². The summed E-state index contributed by atoms with van der Waals surface area (Å²) in [4.78, 5) is 21.4. The van der Waals surface area contributed by atoms with Gasteiger partial charge >= 0.3 is 0 Å². The van der Waals surface area contributed by atoms with Crippen molar-refractivity contribution < 1.29 is 4.79 Å². The van der Waals surface area contributed by atoms with Crippen molar-refractivity contribution in [3.8, 4) is 0 Å². The molecule has 0 aromatic carbocycles. The molecule has 0 saturated carbocycles. The van der Waals surface area contributed by atoms with Crippen LogP contribution in [0.15, 0.2) is 5.38 Å². The van der Waals surface area contributed by atoms with Gasteiger partial charge in [0, 0.05) is 38.1 Å². The van der Waals surface area contributed by atoms with Gasteiger partial charge in [0.25, 0.3) is 0 Å². The number of aromatic nitrogens is 1. The number of carbonyl (C=O) groups excluding carboxylic acids is 1. The minimum atomic E-state index is -0.363. The molecule has 1 saturated heterocycles. The first-order valence-electron chi connectivity index (χ1n) is 8.19. The minimum absolute atomic E-state index is 0.112. The molecule has 2 N–H and O–H groups in total. The second kappa shape index (κ2) is 8.04. The van der Waals surface area contributed by atoms with Gasteiger partial charge in [-0.2, -0.15) is 0 Å². The Labute approximate surface area is 137 Å². The van der Waals surface area contributed by atoms with Gasteiger partial charge in [-0.15, -0.1) is 11.3 Å². The molecular weight excluding hydrogens is 296 g/mol. The fourth-order valence-electron chi connectivity index (χ4n) is 2.77. The zero-order valence-corrected chi connectivity index (χ0v) is 14.7. The van der Waals surface area contributed by atoms with Crippen LogP contribution in [0.3, 0.4) is 0 Å². The molecule has 1 amide bonds. The summed E-state index contributed by atoms with van der Waals surface area (Å²) in [5.41, 5.74) is 7.24. The summed E-state index contributed by atoms with van der Waals surface area (Å²) in [6.45, 7) is 10.5. The molecule has 6 heteroatoms. The Kier molecular flexibility index (Phi) is 6.35. The van der Waals surface area contributed by atoms with Gasteiger partial charge in [-0.25, -0.2) is 4.98 Å². The third-order valence-electron chi connectivity index (χ3n) is 4.49. The van der Waals surface area contributed by atoms with E-state index in [0.717, 1.165) is 56.3 Å². The highest BCUT2D eigenvalue weighted by molar-refractivity contribution is 7.09. The first-order valence-corrected chi connectivity index (χ1v) is 9.07. The Bertz CT molecular complexity index is 490. The predicted octanol–water partition coefficient (Wildman–Crippen LogP) is 1.86. The Morgan fingerprint density at radius 1 is 1.41 bits per heavy atom. The van der Waals surface area contributed by atoms with Crippen molar-refractivity contribution in [1.82, 2.24) is 14.8 Å². The summed E-state index contributed by atoms with van der Waals surface area (Å²) < 4.78 is 0. The Morgan fingerprint density at radius 2 is 2.18 bits per heavy atom. The van der Waals surface area contributed by atoms with Crippen LogP contribution in [0, 0.1) is 12.8 Å². The summed E-state index contributed by atoms with van der Waals surface area (Å²) in [5.74, 6) is 0.352. The highest BCUT2D eigenvalue weighted by Crippen LogP contribution is 2.14. The quantitative estimate of drug-likeness (QED) is 0.898. The lowest BCUT2D eigenvalue weighted by Gasteiger charge is -2.27. The van der Waals surface area contributed by atoms with Crippen LogP contribution in [0.25, 0.3) is 0 Å². The zero-order valence-electron chi connectivity index (χ0n) is 13.9. The van der Waals surface area contributed by atoms with Crippen molar-refractivity contribution >= 4 is 17.2 Å². The summed E-state index contributed by atoms with van der Waals surface area (Å²) in [7, 11) is 0. The topological polar surface area (TPSA) is 62.5 Å². The first kappa shape index (κ1) is 17.4. The Hall–Kier alpha value is -0.980. The van der Waals surface area contributed by atoms with Crippen molar-refractivity contribution in [1.29, 1.82) is 0 Å². The van der Waals surface area contributed by atoms with E-state index >= 15 is 0 Å². The summed E-state index contributed by atoms with van der Waals surface area (Å²) in [6, 6.07) is -0.363. The van der Waals surface area contributed by atoms with E-state index in [1.54, 1.807) is 11.3 Å². The molecule has 124 valence electrons. The molecule has 1 aromatic rings. The lowest BCUT2D eigenvalue weighted by atomic mass is 9.99. The van der Waals surface area contributed by atoms with Gasteiger partial charge in [0.2, 0.25) is 5.91 Å². The largest absolute Gasteiger partial charge is 0.340 e. The number of hydrogen-bond acceptors (Lipinski definition) is 5. The normalized spacial score (nSPS) is 19.7. The van der Waals surface area contributed by atoms with Crippen LogP contribution in [0.2, 0.25) is 0 Å². The van der Waals surface area contributed by atoms with Crippen LogP contribution in [0.1, 0.15) is 37.4 Å². The summed E-state index contributed by atoms with van der Waals surface area (Å²) in [6.07, 6.45) is 1.94. The van der Waals surface area contributed by atoms with Gasteiger partial charge in [0.05, 0.1) is 16.7 Å². The maximum atomic E-state index is 12.5. The smallest absolute Gasteiger partial charge is 0.239 e. The molecule has 0 radical (unpaired) electrons. The van der Waals surface area contributed by atoms with E-state index in [4.69, 9.17) is 5.73 Å². The number of hydrogen-bond donors (Lipinski definition) is 1. The van der Waals surface area contributed by atoms with E-state index in [2.05, 4.69) is 29.1 Å². The number of aryl methyl sites for hydroxylation is 1. The number of carbonyl (C=O) groups is 1. The van der Waals surface area contributed by atoms with Gasteiger partial charge in [-0.3, -0.25) is 9.69 Å². The average molecular weight is 324 g/mol. The van der Waals surface area contributed by atoms with E-state index in [0.29, 0.717) is 0 Å². The van der Waals surface area contributed by atoms with E-state index in [9.17, 15) is 4.79 Å². The third kappa shape index (κ3) is 4.51. The van der Waals surface area contributed by atoms with Crippen molar-refractivity contribution in [3.05, 3.63) is 16.1 Å². The minimum Gasteiger partial charge on any atom is -0.340 e. The second-order valence-corrected chi connectivity index (χ2v) is 7.29. The van der Waals surface area contributed by atoms with E-state index in [1.807, 2.05) is 11.8 Å². The molecule has 1 aromatic heterocycles. The average Bonchev–Trinajstić information content (AvgIpc) is 2.78. The number of nitrogens with zero attached hydrogens (tertiary/aromatic N) is 3. The van der Waals surface area contributed by atoms with E-state index in [-0.39, 0.29) is 17.9 Å². The molecule has 2 unspecified atom stereocenters. The van der Waals surface area contributed by atoms with Gasteiger partial charge in [0.15, 0.2) is 0 Å². The van der Waals surface area contributed by atoms with Gasteiger partial charge in [0.1, 0.15) is 0 Å². The molecule has 1 fully saturated rings. The maximum absolute atomic E-state index is 12.5. The molecule has 2 heterocycles. The fraction of sp³-hybridized carbons (Fsp3) is 0.750. The highest BCUT2D eigenvalue weighted by atomic mass is 32.1. The van der Waals surface area contributed by atoms with Gasteiger partial charge in [-0.05, 0) is 19.3 Å².